The Morgan fingerprint density at radius 3 is 2.76 bits per heavy atom. The lowest BCUT2D eigenvalue weighted by molar-refractivity contribution is -0.119. The monoisotopic (exact) mass is 481 g/mol. The van der Waals surface area contributed by atoms with E-state index in [0.717, 1.165) is 11.0 Å². The number of ether oxygens (including phenoxy) is 1. The first-order valence-corrected chi connectivity index (χ1v) is 12.0. The molecular formula is C24H24FN5O3S. The first-order valence-electron chi connectivity index (χ1n) is 11.0. The number of hydrogen-bond donors (Lipinski definition) is 1. The minimum atomic E-state index is -0.354. The normalized spacial score (nSPS) is 14.9. The first-order chi connectivity index (χ1) is 16.6. The zero-order valence-electron chi connectivity index (χ0n) is 18.6. The highest BCUT2D eigenvalue weighted by atomic mass is 32.2. The van der Waals surface area contributed by atoms with Gasteiger partial charge in [-0.15, -0.1) is 10.2 Å². The molecule has 0 saturated carbocycles. The van der Waals surface area contributed by atoms with E-state index >= 15 is 0 Å². The molecule has 1 aliphatic heterocycles. The van der Waals surface area contributed by atoms with Crippen molar-refractivity contribution in [3.05, 3.63) is 66.2 Å². The number of thioether (sulfide) groups is 1. The maximum Gasteiger partial charge on any atom is 0.232 e. The quantitative estimate of drug-likeness (QED) is 0.400. The van der Waals surface area contributed by atoms with Crippen LogP contribution in [0.5, 0.6) is 0 Å². The number of nitrogens with one attached hydrogen (secondary N) is 1. The molecule has 0 bridgehead atoms. The van der Waals surface area contributed by atoms with Crippen LogP contribution in [0.15, 0.2) is 64.2 Å². The first kappa shape index (κ1) is 22.4. The van der Waals surface area contributed by atoms with Gasteiger partial charge in [0.25, 0.3) is 0 Å². The highest BCUT2D eigenvalue weighted by Gasteiger charge is 2.23. The largest absolute Gasteiger partial charge is 0.459 e. The van der Waals surface area contributed by atoms with Gasteiger partial charge in [-0.25, -0.2) is 4.39 Å². The molecule has 4 aromatic rings. The summed E-state index contributed by atoms with van der Waals surface area (Å²) in [6.07, 6.45) is 0. The fourth-order valence-corrected chi connectivity index (χ4v) is 4.62. The van der Waals surface area contributed by atoms with Crippen LogP contribution in [0.3, 0.4) is 0 Å². The smallest absolute Gasteiger partial charge is 0.232 e. The van der Waals surface area contributed by atoms with Crippen molar-refractivity contribution in [3.63, 3.8) is 0 Å². The minimum absolute atomic E-state index is 0.126. The molecule has 0 aliphatic carbocycles. The van der Waals surface area contributed by atoms with Crippen molar-refractivity contribution in [1.82, 2.24) is 20.1 Å². The lowest BCUT2D eigenvalue weighted by Crippen LogP contribution is -2.37. The number of rotatable bonds is 7. The van der Waals surface area contributed by atoms with Crippen molar-refractivity contribution < 1.29 is 18.3 Å². The van der Waals surface area contributed by atoms with E-state index < -0.39 is 0 Å². The van der Waals surface area contributed by atoms with Gasteiger partial charge < -0.3 is 19.4 Å². The van der Waals surface area contributed by atoms with E-state index in [0.29, 0.717) is 48.9 Å². The summed E-state index contributed by atoms with van der Waals surface area (Å²) in [7, 11) is 0. The molecule has 2 aromatic heterocycles. The summed E-state index contributed by atoms with van der Waals surface area (Å²) in [5, 5.41) is 13.1. The molecule has 3 heterocycles. The Balaban J connectivity index is 1.31. The fourth-order valence-electron chi connectivity index (χ4n) is 3.87. The summed E-state index contributed by atoms with van der Waals surface area (Å²) in [4.78, 5) is 14.8. The predicted octanol–water partition coefficient (Wildman–Crippen LogP) is 3.96. The van der Waals surface area contributed by atoms with Gasteiger partial charge in [0.15, 0.2) is 5.16 Å². The third-order valence-corrected chi connectivity index (χ3v) is 6.49. The molecule has 2 aromatic carbocycles. The number of anilines is 1. The van der Waals surface area contributed by atoms with E-state index in [9.17, 15) is 9.18 Å². The van der Waals surface area contributed by atoms with Gasteiger partial charge in [0, 0.05) is 18.5 Å². The average Bonchev–Trinajstić information content (AvgIpc) is 3.48. The molecule has 0 unspecified atom stereocenters. The van der Waals surface area contributed by atoms with E-state index in [2.05, 4.69) is 20.4 Å². The molecular weight excluding hydrogens is 457 g/mol. The number of benzene rings is 2. The third-order valence-electron chi connectivity index (χ3n) is 5.56. The zero-order chi connectivity index (χ0) is 23.5. The van der Waals surface area contributed by atoms with Crippen LogP contribution in [0.1, 0.15) is 18.7 Å². The number of nitrogens with zero attached hydrogens (tertiary/aromatic N) is 4. The third kappa shape index (κ3) is 4.78. The number of furan rings is 1. The number of amides is 1. The molecule has 176 valence electrons. The number of morpholine rings is 1. The maximum atomic E-state index is 14.0. The Bertz CT molecular complexity index is 1270. The molecule has 1 saturated heterocycles. The van der Waals surface area contributed by atoms with Crippen LogP contribution in [0.25, 0.3) is 16.7 Å². The molecule has 1 amide bonds. The SMILES string of the molecule is C[C@H](NC(=O)CSc1nnc(N2CCOCC2)n1-c1cccc(F)c1)c1cc2ccccc2o1. The molecule has 34 heavy (non-hydrogen) atoms. The fraction of sp³-hybridized carbons (Fsp3) is 0.292. The lowest BCUT2D eigenvalue weighted by Gasteiger charge is -2.27. The van der Waals surface area contributed by atoms with Crippen LogP contribution < -0.4 is 10.2 Å². The van der Waals surface area contributed by atoms with Crippen LogP contribution in [-0.2, 0) is 9.53 Å². The summed E-state index contributed by atoms with van der Waals surface area (Å²) in [6, 6.07) is 15.6. The number of hydrogen-bond acceptors (Lipinski definition) is 7. The molecule has 1 N–H and O–H groups in total. The number of aromatic nitrogens is 3. The van der Waals surface area contributed by atoms with E-state index in [1.165, 1.54) is 23.9 Å². The minimum Gasteiger partial charge on any atom is -0.459 e. The van der Waals surface area contributed by atoms with Crippen LogP contribution in [0.4, 0.5) is 10.3 Å². The number of carbonyl (C=O) groups is 1. The van der Waals surface area contributed by atoms with E-state index in [1.54, 1.807) is 16.7 Å². The van der Waals surface area contributed by atoms with Crippen LogP contribution in [0, 0.1) is 5.82 Å². The Morgan fingerprint density at radius 2 is 1.97 bits per heavy atom. The highest BCUT2D eigenvalue weighted by Crippen LogP contribution is 2.28. The molecule has 8 nitrogen and oxygen atoms in total. The highest BCUT2D eigenvalue weighted by molar-refractivity contribution is 7.99. The Kier molecular flexibility index (Phi) is 6.50. The van der Waals surface area contributed by atoms with Gasteiger partial charge >= 0.3 is 0 Å². The Labute approximate surface area is 200 Å². The van der Waals surface area contributed by atoms with Crippen LogP contribution >= 0.6 is 11.8 Å². The van der Waals surface area contributed by atoms with Crippen LogP contribution in [-0.4, -0.2) is 52.7 Å². The summed E-state index contributed by atoms with van der Waals surface area (Å²) >= 11 is 1.25. The van der Waals surface area contributed by atoms with Crippen molar-refractivity contribution in [3.8, 4) is 5.69 Å². The van der Waals surface area contributed by atoms with Crippen molar-refractivity contribution in [2.75, 3.05) is 37.0 Å². The van der Waals surface area contributed by atoms with Gasteiger partial charge in [-0.2, -0.15) is 0 Å². The van der Waals surface area contributed by atoms with Crippen molar-refractivity contribution >= 4 is 34.6 Å². The summed E-state index contributed by atoms with van der Waals surface area (Å²) in [5.74, 6) is 0.901. The van der Waals surface area contributed by atoms with Crippen LogP contribution in [0.2, 0.25) is 0 Å². The maximum absolute atomic E-state index is 14.0. The number of para-hydroxylation sites is 1. The zero-order valence-corrected chi connectivity index (χ0v) is 19.4. The van der Waals surface area contributed by atoms with E-state index in [1.807, 2.05) is 37.3 Å². The number of fused-ring (bicyclic) bond motifs is 1. The van der Waals surface area contributed by atoms with Gasteiger partial charge in [0.05, 0.1) is 30.7 Å². The molecule has 1 aliphatic rings. The van der Waals surface area contributed by atoms with Crippen molar-refractivity contribution in [2.24, 2.45) is 0 Å². The second-order valence-electron chi connectivity index (χ2n) is 7.96. The summed E-state index contributed by atoms with van der Waals surface area (Å²) < 4.78 is 27.1. The van der Waals surface area contributed by atoms with Crippen molar-refractivity contribution in [1.29, 1.82) is 0 Å². The second kappa shape index (κ2) is 9.86. The summed E-state index contributed by atoms with van der Waals surface area (Å²) in [6.45, 7) is 4.37. The van der Waals surface area contributed by atoms with Gasteiger partial charge in [0.2, 0.25) is 11.9 Å². The molecule has 1 fully saturated rings. The van der Waals surface area contributed by atoms with Crippen molar-refractivity contribution in [2.45, 2.75) is 18.1 Å². The van der Waals surface area contributed by atoms with Gasteiger partial charge in [-0.3, -0.25) is 9.36 Å². The average molecular weight is 482 g/mol. The standard InChI is InChI=1S/C24H24FN5O3S/c1-16(21-13-17-5-2-3-8-20(17)33-21)26-22(31)15-34-24-28-27-23(29-9-11-32-12-10-29)30(24)19-7-4-6-18(25)14-19/h2-8,13-14,16H,9-12,15H2,1H3,(H,26,31)/t16-/m0/s1. The van der Waals surface area contributed by atoms with E-state index in [4.69, 9.17) is 9.15 Å². The number of halogens is 1. The number of carbonyl (C=O) groups excluding carboxylic acids is 1. The predicted molar refractivity (Wildman–Crippen MR) is 128 cm³/mol. The second-order valence-corrected chi connectivity index (χ2v) is 8.90. The van der Waals surface area contributed by atoms with Gasteiger partial charge in [-0.1, -0.05) is 36.0 Å². The summed E-state index contributed by atoms with van der Waals surface area (Å²) in [5.41, 5.74) is 1.39. The molecule has 10 heteroatoms. The molecule has 0 radical (unpaired) electrons. The van der Waals surface area contributed by atoms with E-state index in [-0.39, 0.29) is 23.5 Å². The van der Waals surface area contributed by atoms with Gasteiger partial charge in [-0.05, 0) is 37.3 Å². The Hall–Kier alpha value is -3.37. The topological polar surface area (TPSA) is 85.4 Å². The Morgan fingerprint density at radius 1 is 1.15 bits per heavy atom. The lowest BCUT2D eigenvalue weighted by atomic mass is 10.2. The van der Waals surface area contributed by atoms with Gasteiger partial charge in [0.1, 0.15) is 17.2 Å². The molecule has 5 rings (SSSR count). The molecule has 0 spiro atoms. The molecule has 1 atom stereocenters.